The Morgan fingerprint density at radius 2 is 2.29 bits per heavy atom. The van der Waals surface area contributed by atoms with Crippen LogP contribution in [0.4, 0.5) is 5.69 Å². The molecule has 1 rings (SSSR count). The Labute approximate surface area is 90.7 Å². The molecule has 0 aliphatic heterocycles. The molecule has 2 nitrogen and oxygen atoms in total. The molecule has 0 aliphatic rings. The molecule has 1 N–H and O–H groups in total. The van der Waals surface area contributed by atoms with E-state index in [-0.39, 0.29) is 0 Å². The zero-order chi connectivity index (χ0) is 10.6. The van der Waals surface area contributed by atoms with Gasteiger partial charge in [-0.2, -0.15) is 0 Å². The van der Waals surface area contributed by atoms with Crippen LogP contribution in [-0.4, -0.2) is 11.0 Å². The quantitative estimate of drug-likeness (QED) is 0.771. The molecule has 78 valence electrons. The minimum Gasteiger partial charge on any atom is -0.380 e. The number of hydrogen-bond donors (Lipinski definition) is 1. The zero-order valence-corrected chi connectivity index (χ0v) is 9.73. The van der Waals surface area contributed by atoms with Gasteiger partial charge in [-0.15, -0.1) is 0 Å². The molecule has 0 radical (unpaired) electrons. The number of rotatable bonds is 4. The van der Waals surface area contributed by atoms with Gasteiger partial charge in [0.25, 0.3) is 0 Å². The minimum absolute atomic E-state index is 0.445. The molecule has 1 unspecified atom stereocenters. The smallest absolute Gasteiger partial charge is 0.152 e. The van der Waals surface area contributed by atoms with Crippen LogP contribution in [0.3, 0.4) is 0 Å². The van der Waals surface area contributed by atoms with Crippen LogP contribution in [0.2, 0.25) is 5.15 Å². The maximum Gasteiger partial charge on any atom is 0.152 e. The third-order valence-electron chi connectivity index (χ3n) is 2.23. The monoisotopic (exact) mass is 212 g/mol. The molecule has 1 aromatic heterocycles. The number of aromatic nitrogens is 1. The fourth-order valence-electron chi connectivity index (χ4n) is 1.45. The number of halogens is 1. The Kier molecular flexibility index (Phi) is 4.21. The molecule has 0 saturated heterocycles. The fraction of sp³-hybridized carbons (Fsp3) is 0.545. The lowest BCUT2D eigenvalue weighted by Crippen LogP contribution is -2.15. The van der Waals surface area contributed by atoms with E-state index in [1.807, 2.05) is 13.0 Å². The molecule has 1 heterocycles. The van der Waals surface area contributed by atoms with Crippen LogP contribution in [-0.2, 0) is 0 Å². The summed E-state index contributed by atoms with van der Waals surface area (Å²) in [4.78, 5) is 4.06. The standard InChI is InChI=1S/C11H17ClN2/c1-4-5-9(3)14-10-8(2)6-7-13-11(10)12/h6-7,9,14H,4-5H2,1-3H3. The van der Waals surface area contributed by atoms with Gasteiger partial charge in [-0.05, 0) is 31.9 Å². The zero-order valence-electron chi connectivity index (χ0n) is 8.97. The van der Waals surface area contributed by atoms with Gasteiger partial charge in [0, 0.05) is 12.2 Å². The Balaban J connectivity index is 2.75. The first-order valence-corrected chi connectivity index (χ1v) is 5.40. The van der Waals surface area contributed by atoms with E-state index >= 15 is 0 Å². The maximum absolute atomic E-state index is 6.00. The van der Waals surface area contributed by atoms with E-state index in [0.29, 0.717) is 11.2 Å². The highest BCUT2D eigenvalue weighted by Crippen LogP contribution is 2.23. The summed E-state index contributed by atoms with van der Waals surface area (Å²) in [7, 11) is 0. The SMILES string of the molecule is CCCC(C)Nc1c(C)ccnc1Cl. The first-order valence-electron chi connectivity index (χ1n) is 5.02. The summed E-state index contributed by atoms with van der Waals surface area (Å²) < 4.78 is 0. The van der Waals surface area contributed by atoms with Gasteiger partial charge in [-0.1, -0.05) is 24.9 Å². The van der Waals surface area contributed by atoms with Crippen LogP contribution >= 0.6 is 11.6 Å². The number of nitrogens with zero attached hydrogens (tertiary/aromatic N) is 1. The molecule has 14 heavy (non-hydrogen) atoms. The van der Waals surface area contributed by atoms with Crippen molar-refractivity contribution in [2.45, 2.75) is 39.7 Å². The Bertz CT molecular complexity index is 279. The van der Waals surface area contributed by atoms with Crippen molar-refractivity contribution in [3.63, 3.8) is 0 Å². The molecule has 1 atom stereocenters. The van der Waals surface area contributed by atoms with Crippen LogP contribution in [0, 0.1) is 6.92 Å². The second kappa shape index (κ2) is 5.20. The van der Waals surface area contributed by atoms with Crippen LogP contribution in [0.25, 0.3) is 0 Å². The lowest BCUT2D eigenvalue weighted by Gasteiger charge is -2.16. The molecule has 1 aromatic rings. The van der Waals surface area contributed by atoms with Crippen molar-refractivity contribution >= 4 is 17.3 Å². The van der Waals surface area contributed by atoms with E-state index in [9.17, 15) is 0 Å². The van der Waals surface area contributed by atoms with Gasteiger partial charge >= 0.3 is 0 Å². The first kappa shape index (κ1) is 11.3. The van der Waals surface area contributed by atoms with E-state index in [0.717, 1.165) is 17.7 Å². The lowest BCUT2D eigenvalue weighted by molar-refractivity contribution is 0.689. The molecule has 0 bridgehead atoms. The van der Waals surface area contributed by atoms with E-state index in [4.69, 9.17) is 11.6 Å². The van der Waals surface area contributed by atoms with Gasteiger partial charge in [0.05, 0.1) is 5.69 Å². The van der Waals surface area contributed by atoms with Gasteiger partial charge in [0.2, 0.25) is 0 Å². The number of anilines is 1. The Morgan fingerprint density at radius 3 is 2.86 bits per heavy atom. The van der Waals surface area contributed by atoms with E-state index in [1.54, 1.807) is 6.20 Å². The second-order valence-electron chi connectivity index (χ2n) is 3.63. The third kappa shape index (κ3) is 2.88. The van der Waals surface area contributed by atoms with Gasteiger partial charge in [0.1, 0.15) is 0 Å². The van der Waals surface area contributed by atoms with Crippen LogP contribution in [0.15, 0.2) is 12.3 Å². The topological polar surface area (TPSA) is 24.9 Å². The molecule has 0 aromatic carbocycles. The van der Waals surface area contributed by atoms with E-state index < -0.39 is 0 Å². The van der Waals surface area contributed by atoms with Gasteiger partial charge < -0.3 is 5.32 Å². The molecular weight excluding hydrogens is 196 g/mol. The summed E-state index contributed by atoms with van der Waals surface area (Å²) >= 11 is 6.00. The molecule has 0 fully saturated rings. The lowest BCUT2D eigenvalue weighted by atomic mass is 10.1. The number of aryl methyl sites for hydroxylation is 1. The highest BCUT2D eigenvalue weighted by atomic mass is 35.5. The summed E-state index contributed by atoms with van der Waals surface area (Å²) in [5.41, 5.74) is 2.11. The van der Waals surface area contributed by atoms with E-state index in [2.05, 4.69) is 24.1 Å². The van der Waals surface area contributed by atoms with Crippen LogP contribution in [0.5, 0.6) is 0 Å². The minimum atomic E-state index is 0.445. The maximum atomic E-state index is 6.00. The van der Waals surface area contributed by atoms with Crippen molar-refractivity contribution in [2.24, 2.45) is 0 Å². The highest BCUT2D eigenvalue weighted by molar-refractivity contribution is 6.32. The Hall–Kier alpha value is -0.760. The summed E-state index contributed by atoms with van der Waals surface area (Å²) in [6.07, 6.45) is 4.04. The van der Waals surface area contributed by atoms with Gasteiger partial charge in [0.15, 0.2) is 5.15 Å². The number of pyridine rings is 1. The first-order chi connectivity index (χ1) is 6.65. The van der Waals surface area contributed by atoms with Crippen molar-refractivity contribution in [1.82, 2.24) is 4.98 Å². The molecule has 3 heteroatoms. The second-order valence-corrected chi connectivity index (χ2v) is 3.99. The molecule has 0 saturated carbocycles. The van der Waals surface area contributed by atoms with Crippen LogP contribution < -0.4 is 5.32 Å². The third-order valence-corrected chi connectivity index (χ3v) is 2.51. The van der Waals surface area contributed by atoms with E-state index in [1.165, 1.54) is 6.42 Å². The summed E-state index contributed by atoms with van der Waals surface area (Å²) in [6, 6.07) is 2.41. The summed E-state index contributed by atoms with van der Waals surface area (Å²) in [5, 5.41) is 3.95. The summed E-state index contributed by atoms with van der Waals surface area (Å²) in [5.74, 6) is 0. The normalized spacial score (nSPS) is 12.6. The molecular formula is C11H17ClN2. The highest BCUT2D eigenvalue weighted by Gasteiger charge is 2.07. The molecule has 0 spiro atoms. The van der Waals surface area contributed by atoms with Crippen molar-refractivity contribution in [3.8, 4) is 0 Å². The average Bonchev–Trinajstić information content (AvgIpc) is 2.12. The van der Waals surface area contributed by atoms with Crippen molar-refractivity contribution in [3.05, 3.63) is 23.0 Å². The van der Waals surface area contributed by atoms with Crippen molar-refractivity contribution in [1.29, 1.82) is 0 Å². The summed E-state index contributed by atoms with van der Waals surface area (Å²) in [6.45, 7) is 6.37. The van der Waals surface area contributed by atoms with Crippen molar-refractivity contribution in [2.75, 3.05) is 5.32 Å². The predicted molar refractivity (Wildman–Crippen MR) is 62.0 cm³/mol. The average molecular weight is 213 g/mol. The van der Waals surface area contributed by atoms with Crippen LogP contribution in [0.1, 0.15) is 32.3 Å². The number of nitrogens with one attached hydrogen (secondary N) is 1. The predicted octanol–water partition coefficient (Wildman–Crippen LogP) is 3.64. The number of hydrogen-bond acceptors (Lipinski definition) is 2. The largest absolute Gasteiger partial charge is 0.380 e. The Morgan fingerprint density at radius 1 is 1.57 bits per heavy atom. The molecule has 0 amide bonds. The van der Waals surface area contributed by atoms with Gasteiger partial charge in [-0.25, -0.2) is 4.98 Å². The van der Waals surface area contributed by atoms with Crippen molar-refractivity contribution < 1.29 is 0 Å². The molecule has 0 aliphatic carbocycles. The fourth-order valence-corrected chi connectivity index (χ4v) is 1.71. The van der Waals surface area contributed by atoms with Gasteiger partial charge in [-0.3, -0.25) is 0 Å².